The van der Waals surface area contributed by atoms with E-state index in [1.165, 1.54) is 38.1 Å². The molecule has 3 heterocycles. The highest BCUT2D eigenvalue weighted by atomic mass is 16.5. The molecular formula is C13H23N3O. The van der Waals surface area contributed by atoms with E-state index in [9.17, 15) is 0 Å². The number of hydrogen-bond acceptors (Lipinski definition) is 4. The smallest absolute Gasteiger partial charge is 0.0963 e. The molecule has 2 atom stereocenters. The number of ether oxygens (including phenoxy) is 1. The van der Waals surface area contributed by atoms with Crippen LogP contribution < -0.4 is 5.32 Å². The molecular weight excluding hydrogens is 214 g/mol. The molecule has 1 N–H and O–H groups in total. The second-order valence-corrected chi connectivity index (χ2v) is 5.41. The predicted octanol–water partition coefficient (Wildman–Crippen LogP) is 1.02. The Balaban J connectivity index is 1.44. The minimum absolute atomic E-state index is 0.356. The minimum atomic E-state index is 0.356. The predicted molar refractivity (Wildman–Crippen MR) is 68.5 cm³/mol. The molecule has 4 heteroatoms. The van der Waals surface area contributed by atoms with E-state index in [0.717, 1.165) is 32.7 Å². The van der Waals surface area contributed by atoms with E-state index in [-0.39, 0.29) is 0 Å². The molecule has 0 bridgehead atoms. The summed E-state index contributed by atoms with van der Waals surface area (Å²) < 4.78 is 5.92. The van der Waals surface area contributed by atoms with Gasteiger partial charge in [0.15, 0.2) is 0 Å². The number of morpholine rings is 1. The lowest BCUT2D eigenvalue weighted by Crippen LogP contribution is -2.50. The van der Waals surface area contributed by atoms with E-state index in [2.05, 4.69) is 15.2 Å². The summed E-state index contributed by atoms with van der Waals surface area (Å²) in [6, 6.07) is 0.707. The van der Waals surface area contributed by atoms with Gasteiger partial charge in [-0.1, -0.05) is 0 Å². The van der Waals surface area contributed by atoms with Crippen LogP contribution in [0, 0.1) is 0 Å². The van der Waals surface area contributed by atoms with Crippen molar-refractivity contribution >= 4 is 5.84 Å². The Labute approximate surface area is 103 Å². The second-order valence-electron chi connectivity index (χ2n) is 5.41. The van der Waals surface area contributed by atoms with Crippen molar-refractivity contribution in [3.8, 4) is 0 Å². The standard InChI is InChI=1S/C13H23N3O/c1-2-6-14-13(5-1)15-8-12-9-16-7-3-4-11(16)10-17-12/h11-12H,1-10H2,(H,14,15). The van der Waals surface area contributed by atoms with Crippen LogP contribution >= 0.6 is 0 Å². The van der Waals surface area contributed by atoms with Crippen molar-refractivity contribution in [3.63, 3.8) is 0 Å². The Morgan fingerprint density at radius 1 is 1.35 bits per heavy atom. The number of aliphatic imine (C=N–C) groups is 1. The molecule has 17 heavy (non-hydrogen) atoms. The maximum absolute atomic E-state index is 5.92. The first kappa shape index (κ1) is 11.5. The maximum Gasteiger partial charge on any atom is 0.0963 e. The lowest BCUT2D eigenvalue weighted by molar-refractivity contribution is -0.0452. The molecule has 96 valence electrons. The quantitative estimate of drug-likeness (QED) is 0.779. The zero-order chi connectivity index (χ0) is 11.5. The van der Waals surface area contributed by atoms with Crippen molar-refractivity contribution in [1.82, 2.24) is 10.2 Å². The molecule has 2 fully saturated rings. The first-order valence-electron chi connectivity index (χ1n) is 7.04. The van der Waals surface area contributed by atoms with Gasteiger partial charge in [0, 0.05) is 32.1 Å². The molecule has 3 aliphatic rings. The molecule has 0 aromatic heterocycles. The molecule has 3 aliphatic heterocycles. The summed E-state index contributed by atoms with van der Waals surface area (Å²) in [7, 11) is 0. The number of fused-ring (bicyclic) bond motifs is 1. The molecule has 0 aliphatic carbocycles. The van der Waals surface area contributed by atoms with Crippen LogP contribution in [0.15, 0.2) is 4.99 Å². The van der Waals surface area contributed by atoms with Crippen molar-refractivity contribution in [2.24, 2.45) is 4.99 Å². The van der Waals surface area contributed by atoms with E-state index in [1.54, 1.807) is 0 Å². The largest absolute Gasteiger partial charge is 0.373 e. The molecule has 0 aromatic rings. The van der Waals surface area contributed by atoms with E-state index in [0.29, 0.717) is 12.1 Å². The third-order valence-corrected chi connectivity index (χ3v) is 4.12. The minimum Gasteiger partial charge on any atom is -0.373 e. The van der Waals surface area contributed by atoms with Crippen molar-refractivity contribution in [2.75, 3.05) is 32.8 Å². The van der Waals surface area contributed by atoms with Gasteiger partial charge >= 0.3 is 0 Å². The highest BCUT2D eigenvalue weighted by Crippen LogP contribution is 2.22. The van der Waals surface area contributed by atoms with Crippen LogP contribution in [0.25, 0.3) is 0 Å². The average molecular weight is 237 g/mol. The van der Waals surface area contributed by atoms with Gasteiger partial charge in [0.05, 0.1) is 18.5 Å². The average Bonchev–Trinajstić information content (AvgIpc) is 2.85. The van der Waals surface area contributed by atoms with Crippen LogP contribution in [0.1, 0.15) is 32.1 Å². The highest BCUT2D eigenvalue weighted by molar-refractivity contribution is 5.82. The first-order chi connectivity index (χ1) is 8.42. The van der Waals surface area contributed by atoms with Gasteiger partial charge in [-0.25, -0.2) is 0 Å². The summed E-state index contributed by atoms with van der Waals surface area (Å²) >= 11 is 0. The van der Waals surface area contributed by atoms with Crippen molar-refractivity contribution in [1.29, 1.82) is 0 Å². The van der Waals surface area contributed by atoms with Gasteiger partial charge in [-0.2, -0.15) is 0 Å². The van der Waals surface area contributed by atoms with Crippen LogP contribution in [-0.4, -0.2) is 55.7 Å². The summed E-state index contributed by atoms with van der Waals surface area (Å²) in [6.45, 7) is 5.24. The van der Waals surface area contributed by atoms with Crippen LogP contribution in [0.2, 0.25) is 0 Å². The van der Waals surface area contributed by atoms with Gasteiger partial charge < -0.3 is 10.1 Å². The molecule has 0 spiro atoms. The van der Waals surface area contributed by atoms with Gasteiger partial charge in [0.1, 0.15) is 0 Å². The molecule has 0 aromatic carbocycles. The summed E-state index contributed by atoms with van der Waals surface area (Å²) in [5.74, 6) is 1.20. The van der Waals surface area contributed by atoms with Gasteiger partial charge in [-0.05, 0) is 32.2 Å². The van der Waals surface area contributed by atoms with Crippen LogP contribution in [0.5, 0.6) is 0 Å². The van der Waals surface area contributed by atoms with Crippen LogP contribution in [-0.2, 0) is 4.74 Å². The molecule has 3 rings (SSSR count). The molecule has 2 saturated heterocycles. The third kappa shape index (κ3) is 2.80. The summed E-state index contributed by atoms with van der Waals surface area (Å²) in [5, 5.41) is 3.47. The van der Waals surface area contributed by atoms with Gasteiger partial charge in [0.2, 0.25) is 0 Å². The first-order valence-corrected chi connectivity index (χ1v) is 7.04. The number of rotatable bonds is 2. The number of nitrogens with one attached hydrogen (secondary N) is 1. The number of nitrogens with zero attached hydrogens (tertiary/aromatic N) is 2. The zero-order valence-electron chi connectivity index (χ0n) is 10.5. The van der Waals surface area contributed by atoms with E-state index in [1.807, 2.05) is 0 Å². The van der Waals surface area contributed by atoms with E-state index in [4.69, 9.17) is 4.74 Å². The van der Waals surface area contributed by atoms with Gasteiger partial charge in [-0.15, -0.1) is 0 Å². The fraction of sp³-hybridized carbons (Fsp3) is 0.923. The lowest BCUT2D eigenvalue weighted by Gasteiger charge is -2.35. The van der Waals surface area contributed by atoms with Crippen LogP contribution in [0.3, 0.4) is 0 Å². The van der Waals surface area contributed by atoms with E-state index >= 15 is 0 Å². The Hall–Kier alpha value is -0.610. The highest BCUT2D eigenvalue weighted by Gasteiger charge is 2.32. The van der Waals surface area contributed by atoms with Crippen molar-refractivity contribution in [2.45, 2.75) is 44.2 Å². The Morgan fingerprint density at radius 3 is 3.24 bits per heavy atom. The third-order valence-electron chi connectivity index (χ3n) is 4.12. The Kier molecular flexibility index (Phi) is 3.62. The Morgan fingerprint density at radius 2 is 2.35 bits per heavy atom. The second kappa shape index (κ2) is 5.36. The molecule has 0 radical (unpaired) electrons. The van der Waals surface area contributed by atoms with Crippen molar-refractivity contribution in [3.05, 3.63) is 0 Å². The maximum atomic E-state index is 5.92. The fourth-order valence-electron chi connectivity index (χ4n) is 3.08. The fourth-order valence-corrected chi connectivity index (χ4v) is 3.08. The van der Waals surface area contributed by atoms with Gasteiger partial charge in [0.25, 0.3) is 0 Å². The number of hydrogen-bond donors (Lipinski definition) is 1. The Bertz CT molecular complexity index is 292. The monoisotopic (exact) mass is 237 g/mol. The van der Waals surface area contributed by atoms with Gasteiger partial charge in [-0.3, -0.25) is 9.89 Å². The molecule has 0 amide bonds. The summed E-state index contributed by atoms with van der Waals surface area (Å²) in [6.07, 6.45) is 6.69. The van der Waals surface area contributed by atoms with Crippen LogP contribution in [0.4, 0.5) is 0 Å². The summed E-state index contributed by atoms with van der Waals surface area (Å²) in [4.78, 5) is 7.11. The molecule has 4 nitrogen and oxygen atoms in total. The normalized spacial score (nSPS) is 34.2. The number of amidine groups is 1. The van der Waals surface area contributed by atoms with E-state index < -0.39 is 0 Å². The molecule has 2 unspecified atom stereocenters. The SMILES string of the molecule is C1CCC(NCC2CN3CCCC3CO2)=NC1. The summed E-state index contributed by atoms with van der Waals surface area (Å²) in [5.41, 5.74) is 0. The lowest BCUT2D eigenvalue weighted by atomic mass is 10.1. The topological polar surface area (TPSA) is 36.9 Å². The van der Waals surface area contributed by atoms with Crippen molar-refractivity contribution < 1.29 is 4.74 Å². The molecule has 0 saturated carbocycles. The zero-order valence-corrected chi connectivity index (χ0v) is 10.5.